The van der Waals surface area contributed by atoms with E-state index in [2.05, 4.69) is 11.6 Å². The molecule has 72 valence electrons. The van der Waals surface area contributed by atoms with Crippen LogP contribution in [0.3, 0.4) is 0 Å². The maximum Gasteiger partial charge on any atom is 0.333 e. The van der Waals surface area contributed by atoms with Gasteiger partial charge in [0.15, 0.2) is 0 Å². The molecule has 0 spiro atoms. The maximum atomic E-state index is 10.4. The lowest BCUT2D eigenvalue weighted by molar-refractivity contribution is 0.324. The molecule has 1 aliphatic rings. The van der Waals surface area contributed by atoms with Gasteiger partial charge in [0, 0.05) is 6.04 Å². The molecule has 0 aromatic heterocycles. The van der Waals surface area contributed by atoms with Gasteiger partial charge in [0.1, 0.15) is 0 Å². The smallest absolute Gasteiger partial charge is 0.273 e. The topological polar surface area (TPSA) is 66.4 Å². The van der Waals surface area contributed by atoms with Gasteiger partial charge in [-0.15, -0.1) is 0 Å². The van der Waals surface area contributed by atoms with Crippen LogP contribution in [-0.2, 0) is 10.3 Å². The predicted molar refractivity (Wildman–Crippen MR) is 46.1 cm³/mol. The third-order valence-corrected chi connectivity index (χ3v) is 2.96. The average molecular weight is 193 g/mol. The SMILES string of the molecule is CC1CCC(NS(=O)(=O)O)CC1. The Balaban J connectivity index is 2.36. The van der Waals surface area contributed by atoms with E-state index in [1.165, 1.54) is 0 Å². The normalized spacial score (nSPS) is 31.8. The van der Waals surface area contributed by atoms with Crippen LogP contribution in [-0.4, -0.2) is 19.0 Å². The molecule has 0 radical (unpaired) electrons. The van der Waals surface area contributed by atoms with Crippen LogP contribution in [0.15, 0.2) is 0 Å². The van der Waals surface area contributed by atoms with Crippen molar-refractivity contribution in [1.82, 2.24) is 4.72 Å². The van der Waals surface area contributed by atoms with E-state index >= 15 is 0 Å². The number of hydrogen-bond donors (Lipinski definition) is 2. The molecule has 1 rings (SSSR count). The standard InChI is InChI=1S/C7H15NO3S/c1-6-2-4-7(5-3-6)8-12(9,10)11/h6-8H,2-5H2,1H3,(H,9,10,11). The summed E-state index contributed by atoms with van der Waals surface area (Å²) in [4.78, 5) is 0. The van der Waals surface area contributed by atoms with Crippen molar-refractivity contribution >= 4 is 10.3 Å². The molecule has 1 aliphatic carbocycles. The van der Waals surface area contributed by atoms with Crippen LogP contribution < -0.4 is 4.72 Å². The molecule has 2 N–H and O–H groups in total. The van der Waals surface area contributed by atoms with Crippen molar-refractivity contribution < 1.29 is 13.0 Å². The highest BCUT2D eigenvalue weighted by molar-refractivity contribution is 7.83. The van der Waals surface area contributed by atoms with Gasteiger partial charge in [0.25, 0.3) is 0 Å². The predicted octanol–water partition coefficient (Wildman–Crippen LogP) is 0.957. The first-order chi connectivity index (χ1) is 5.47. The van der Waals surface area contributed by atoms with Gasteiger partial charge in [-0.3, -0.25) is 4.55 Å². The molecular formula is C7H15NO3S. The second kappa shape index (κ2) is 3.72. The lowest BCUT2D eigenvalue weighted by Gasteiger charge is -2.25. The second-order valence-corrected chi connectivity index (χ2v) is 4.74. The first-order valence-corrected chi connectivity index (χ1v) is 5.66. The second-order valence-electron chi connectivity index (χ2n) is 3.55. The number of rotatable bonds is 2. The molecule has 5 heteroatoms. The number of hydrogen-bond acceptors (Lipinski definition) is 2. The largest absolute Gasteiger partial charge is 0.333 e. The van der Waals surface area contributed by atoms with Crippen molar-refractivity contribution in [1.29, 1.82) is 0 Å². The van der Waals surface area contributed by atoms with E-state index < -0.39 is 10.3 Å². The molecule has 0 saturated heterocycles. The molecule has 0 aromatic carbocycles. The number of nitrogens with one attached hydrogen (secondary N) is 1. The van der Waals surface area contributed by atoms with Crippen LogP contribution in [0.2, 0.25) is 0 Å². The van der Waals surface area contributed by atoms with Crippen molar-refractivity contribution in [3.63, 3.8) is 0 Å². The molecular weight excluding hydrogens is 178 g/mol. The van der Waals surface area contributed by atoms with E-state index in [-0.39, 0.29) is 6.04 Å². The van der Waals surface area contributed by atoms with E-state index in [9.17, 15) is 8.42 Å². The molecule has 0 amide bonds. The monoisotopic (exact) mass is 193 g/mol. The summed E-state index contributed by atoms with van der Waals surface area (Å²) in [6, 6.07) is -0.0591. The van der Waals surface area contributed by atoms with E-state index in [0.29, 0.717) is 5.92 Å². The van der Waals surface area contributed by atoms with Crippen LogP contribution in [0.1, 0.15) is 32.6 Å². The lowest BCUT2D eigenvalue weighted by Crippen LogP contribution is -2.36. The Morgan fingerprint density at radius 3 is 2.17 bits per heavy atom. The molecule has 0 aliphatic heterocycles. The van der Waals surface area contributed by atoms with Crippen LogP contribution in [0.4, 0.5) is 0 Å². The van der Waals surface area contributed by atoms with Crippen molar-refractivity contribution in [2.24, 2.45) is 5.92 Å². The third-order valence-electron chi connectivity index (χ3n) is 2.33. The Labute approximate surface area is 73.2 Å². The van der Waals surface area contributed by atoms with E-state index in [1.54, 1.807) is 0 Å². The van der Waals surface area contributed by atoms with Crippen LogP contribution in [0.25, 0.3) is 0 Å². The highest BCUT2D eigenvalue weighted by Crippen LogP contribution is 2.23. The Bertz CT molecular complexity index is 229. The summed E-state index contributed by atoms with van der Waals surface area (Å²) < 4.78 is 31.6. The minimum Gasteiger partial charge on any atom is -0.273 e. The molecule has 0 aromatic rings. The summed E-state index contributed by atoms with van der Waals surface area (Å²) in [6.45, 7) is 2.16. The molecule has 1 fully saturated rings. The van der Waals surface area contributed by atoms with Gasteiger partial charge in [-0.05, 0) is 31.6 Å². The highest BCUT2D eigenvalue weighted by atomic mass is 32.2. The van der Waals surface area contributed by atoms with Gasteiger partial charge in [-0.1, -0.05) is 6.92 Å². The first-order valence-electron chi connectivity index (χ1n) is 4.22. The van der Waals surface area contributed by atoms with Crippen molar-refractivity contribution in [3.05, 3.63) is 0 Å². The fourth-order valence-corrected chi connectivity index (χ4v) is 2.25. The summed E-state index contributed by atoms with van der Waals surface area (Å²) >= 11 is 0. The van der Waals surface area contributed by atoms with Gasteiger partial charge < -0.3 is 0 Å². The van der Waals surface area contributed by atoms with Crippen molar-refractivity contribution in [2.75, 3.05) is 0 Å². The van der Waals surface area contributed by atoms with Crippen LogP contribution >= 0.6 is 0 Å². The summed E-state index contributed by atoms with van der Waals surface area (Å²) in [6.07, 6.45) is 3.74. The Morgan fingerprint density at radius 2 is 1.75 bits per heavy atom. The quantitative estimate of drug-likeness (QED) is 0.642. The minimum atomic E-state index is -3.99. The molecule has 0 atom stereocenters. The Morgan fingerprint density at radius 1 is 1.25 bits per heavy atom. The molecule has 0 heterocycles. The Kier molecular flexibility index (Phi) is 3.09. The van der Waals surface area contributed by atoms with Crippen molar-refractivity contribution in [2.45, 2.75) is 38.6 Å². The highest BCUT2D eigenvalue weighted by Gasteiger charge is 2.21. The Hall–Kier alpha value is -0.130. The summed E-state index contributed by atoms with van der Waals surface area (Å²) in [5.41, 5.74) is 0. The van der Waals surface area contributed by atoms with E-state index in [1.807, 2.05) is 0 Å². The molecule has 1 saturated carbocycles. The summed E-state index contributed by atoms with van der Waals surface area (Å²) in [5, 5.41) is 0. The van der Waals surface area contributed by atoms with Crippen LogP contribution in [0, 0.1) is 5.92 Å². The molecule has 4 nitrogen and oxygen atoms in total. The van der Waals surface area contributed by atoms with E-state index in [4.69, 9.17) is 4.55 Å². The lowest BCUT2D eigenvalue weighted by atomic mass is 9.88. The summed E-state index contributed by atoms with van der Waals surface area (Å²) in [7, 11) is -3.99. The van der Waals surface area contributed by atoms with E-state index in [0.717, 1.165) is 25.7 Å². The third kappa shape index (κ3) is 3.51. The van der Waals surface area contributed by atoms with Gasteiger partial charge in [-0.25, -0.2) is 0 Å². The van der Waals surface area contributed by atoms with Gasteiger partial charge in [-0.2, -0.15) is 13.1 Å². The molecule has 0 bridgehead atoms. The van der Waals surface area contributed by atoms with Gasteiger partial charge in [0.2, 0.25) is 0 Å². The zero-order valence-corrected chi connectivity index (χ0v) is 7.97. The first kappa shape index (κ1) is 9.95. The summed E-state index contributed by atoms with van der Waals surface area (Å²) in [5.74, 6) is 0.685. The average Bonchev–Trinajstić information content (AvgIpc) is 1.91. The zero-order valence-electron chi connectivity index (χ0n) is 7.16. The zero-order chi connectivity index (χ0) is 9.19. The van der Waals surface area contributed by atoms with Crippen molar-refractivity contribution in [3.8, 4) is 0 Å². The molecule has 12 heavy (non-hydrogen) atoms. The maximum absolute atomic E-state index is 10.4. The van der Waals surface area contributed by atoms with Gasteiger partial charge in [0.05, 0.1) is 0 Å². The fourth-order valence-electron chi connectivity index (χ4n) is 1.59. The van der Waals surface area contributed by atoms with Crippen LogP contribution in [0.5, 0.6) is 0 Å². The van der Waals surface area contributed by atoms with Gasteiger partial charge >= 0.3 is 10.3 Å². The fraction of sp³-hybridized carbons (Fsp3) is 1.00. The molecule has 0 unspecified atom stereocenters. The minimum absolute atomic E-state index is 0.0591.